The standard InChI is InChI=1S/C19H15NO6/c1-3-8-25-13-5-6-14-18(10-13)26-11-15(19(14)21)12-4-7-17(24-2)16(9-12)20(22)23/h3-7,9-11H,1,8H2,2H3. The highest BCUT2D eigenvalue weighted by Gasteiger charge is 2.18. The van der Waals surface area contributed by atoms with Crippen LogP contribution in [0, 0.1) is 10.1 Å². The SMILES string of the molecule is C=CCOc1ccc2c(=O)c(-c3ccc(OC)c([N+](=O)[O-])c3)coc2c1. The van der Waals surface area contributed by atoms with Gasteiger partial charge in [-0.15, -0.1) is 0 Å². The Kier molecular flexibility index (Phi) is 4.70. The topological polar surface area (TPSA) is 91.8 Å². The molecule has 0 aliphatic heterocycles. The van der Waals surface area contributed by atoms with Gasteiger partial charge in [-0.3, -0.25) is 14.9 Å². The van der Waals surface area contributed by atoms with Gasteiger partial charge in [0.2, 0.25) is 0 Å². The van der Waals surface area contributed by atoms with Crippen LogP contribution in [0.3, 0.4) is 0 Å². The molecule has 0 N–H and O–H groups in total. The van der Waals surface area contributed by atoms with Crippen molar-refractivity contribution in [2.24, 2.45) is 0 Å². The van der Waals surface area contributed by atoms with Crippen LogP contribution >= 0.6 is 0 Å². The first-order chi connectivity index (χ1) is 12.5. The molecule has 1 heterocycles. The summed E-state index contributed by atoms with van der Waals surface area (Å²) in [5.74, 6) is 0.668. The lowest BCUT2D eigenvalue weighted by Gasteiger charge is -2.07. The number of nitrogens with zero attached hydrogens (tertiary/aromatic N) is 1. The van der Waals surface area contributed by atoms with Gasteiger partial charge in [0, 0.05) is 12.1 Å². The van der Waals surface area contributed by atoms with E-state index >= 15 is 0 Å². The maximum Gasteiger partial charge on any atom is 0.311 e. The van der Waals surface area contributed by atoms with Crippen molar-refractivity contribution >= 4 is 16.7 Å². The summed E-state index contributed by atoms with van der Waals surface area (Å²) in [6, 6.07) is 9.18. The zero-order valence-corrected chi connectivity index (χ0v) is 13.9. The van der Waals surface area contributed by atoms with Gasteiger partial charge in [-0.25, -0.2) is 0 Å². The molecule has 0 fully saturated rings. The molecule has 3 aromatic rings. The van der Waals surface area contributed by atoms with Crippen LogP contribution in [0.4, 0.5) is 5.69 Å². The summed E-state index contributed by atoms with van der Waals surface area (Å²) in [6.07, 6.45) is 2.90. The molecule has 0 aliphatic rings. The first-order valence-electron chi connectivity index (χ1n) is 7.67. The Morgan fingerprint density at radius 3 is 2.77 bits per heavy atom. The number of nitro groups is 1. The van der Waals surface area contributed by atoms with E-state index in [4.69, 9.17) is 13.9 Å². The van der Waals surface area contributed by atoms with Crippen molar-refractivity contribution < 1.29 is 18.8 Å². The predicted octanol–water partition coefficient (Wildman–Crippen LogP) is 3.94. The molecule has 7 heteroatoms. The highest BCUT2D eigenvalue weighted by Crippen LogP contribution is 2.32. The Morgan fingerprint density at radius 1 is 1.27 bits per heavy atom. The lowest BCUT2D eigenvalue weighted by atomic mass is 10.0. The monoisotopic (exact) mass is 353 g/mol. The molecule has 0 radical (unpaired) electrons. The molecule has 7 nitrogen and oxygen atoms in total. The molecule has 0 aliphatic carbocycles. The zero-order valence-electron chi connectivity index (χ0n) is 13.9. The number of fused-ring (bicyclic) bond motifs is 1. The number of nitro benzene ring substituents is 1. The molecular formula is C19H15NO6. The van der Waals surface area contributed by atoms with Gasteiger partial charge in [-0.05, 0) is 29.8 Å². The number of hydrogen-bond acceptors (Lipinski definition) is 6. The van der Waals surface area contributed by atoms with Crippen molar-refractivity contribution in [1.82, 2.24) is 0 Å². The Balaban J connectivity index is 2.10. The normalized spacial score (nSPS) is 10.5. The highest BCUT2D eigenvalue weighted by molar-refractivity contribution is 5.83. The van der Waals surface area contributed by atoms with Crippen molar-refractivity contribution in [3.63, 3.8) is 0 Å². The number of methoxy groups -OCH3 is 1. The summed E-state index contributed by atoms with van der Waals surface area (Å²) in [7, 11) is 1.35. The summed E-state index contributed by atoms with van der Waals surface area (Å²) in [6.45, 7) is 3.91. The van der Waals surface area contributed by atoms with E-state index in [0.29, 0.717) is 28.9 Å². The van der Waals surface area contributed by atoms with Gasteiger partial charge in [-0.1, -0.05) is 12.7 Å². The van der Waals surface area contributed by atoms with Gasteiger partial charge < -0.3 is 13.9 Å². The fourth-order valence-corrected chi connectivity index (χ4v) is 2.55. The summed E-state index contributed by atoms with van der Waals surface area (Å²) >= 11 is 0. The molecule has 0 bridgehead atoms. The molecular weight excluding hydrogens is 338 g/mol. The van der Waals surface area contributed by atoms with Crippen molar-refractivity contribution in [2.75, 3.05) is 13.7 Å². The van der Waals surface area contributed by atoms with Crippen LogP contribution < -0.4 is 14.9 Å². The van der Waals surface area contributed by atoms with E-state index in [9.17, 15) is 14.9 Å². The van der Waals surface area contributed by atoms with Crippen molar-refractivity contribution in [2.45, 2.75) is 0 Å². The Hall–Kier alpha value is -3.61. The first kappa shape index (κ1) is 17.2. The van der Waals surface area contributed by atoms with E-state index in [0.717, 1.165) is 0 Å². The minimum absolute atomic E-state index is 0.118. The van der Waals surface area contributed by atoms with E-state index in [-0.39, 0.29) is 22.4 Å². The molecule has 0 atom stereocenters. The second-order valence-electron chi connectivity index (χ2n) is 5.38. The molecule has 3 rings (SSSR count). The van der Waals surface area contributed by atoms with Crippen LogP contribution in [-0.4, -0.2) is 18.6 Å². The minimum Gasteiger partial charge on any atom is -0.490 e. The summed E-state index contributed by atoms with van der Waals surface area (Å²) in [5, 5.41) is 11.5. The molecule has 0 saturated heterocycles. The molecule has 2 aromatic carbocycles. The molecule has 26 heavy (non-hydrogen) atoms. The maximum absolute atomic E-state index is 12.8. The number of hydrogen-bond donors (Lipinski definition) is 0. The van der Waals surface area contributed by atoms with E-state index in [1.165, 1.54) is 25.5 Å². The highest BCUT2D eigenvalue weighted by atomic mass is 16.6. The van der Waals surface area contributed by atoms with E-state index in [2.05, 4.69) is 6.58 Å². The molecule has 132 valence electrons. The molecule has 1 aromatic heterocycles. The van der Waals surface area contributed by atoms with Crippen molar-refractivity contribution in [1.29, 1.82) is 0 Å². The number of rotatable bonds is 6. The molecule has 0 amide bonds. The van der Waals surface area contributed by atoms with Gasteiger partial charge in [0.15, 0.2) is 11.2 Å². The van der Waals surface area contributed by atoms with Crippen LogP contribution in [-0.2, 0) is 0 Å². The van der Waals surface area contributed by atoms with Crippen LogP contribution in [0.1, 0.15) is 0 Å². The van der Waals surface area contributed by atoms with Crippen molar-refractivity contribution in [3.8, 4) is 22.6 Å². The minimum atomic E-state index is -0.561. The molecule has 0 spiro atoms. The number of benzene rings is 2. The fourth-order valence-electron chi connectivity index (χ4n) is 2.55. The average molecular weight is 353 g/mol. The van der Waals surface area contributed by atoms with E-state index in [1.807, 2.05) is 0 Å². The third-order valence-corrected chi connectivity index (χ3v) is 3.80. The second kappa shape index (κ2) is 7.10. The first-order valence-corrected chi connectivity index (χ1v) is 7.67. The Labute approximate surface area is 148 Å². The van der Waals surface area contributed by atoms with Gasteiger partial charge in [-0.2, -0.15) is 0 Å². The summed E-state index contributed by atoms with van der Waals surface area (Å²) < 4.78 is 15.9. The third-order valence-electron chi connectivity index (χ3n) is 3.80. The fraction of sp³-hybridized carbons (Fsp3) is 0.105. The largest absolute Gasteiger partial charge is 0.490 e. The smallest absolute Gasteiger partial charge is 0.311 e. The third kappa shape index (κ3) is 3.14. The maximum atomic E-state index is 12.8. The Morgan fingerprint density at radius 2 is 2.08 bits per heavy atom. The van der Waals surface area contributed by atoms with Crippen LogP contribution in [0.25, 0.3) is 22.1 Å². The number of ether oxygens (including phenoxy) is 2. The summed E-state index contributed by atoms with van der Waals surface area (Å²) in [4.78, 5) is 23.4. The van der Waals surface area contributed by atoms with E-state index in [1.54, 1.807) is 30.3 Å². The Bertz CT molecular complexity index is 1050. The second-order valence-corrected chi connectivity index (χ2v) is 5.38. The van der Waals surface area contributed by atoms with Gasteiger partial charge >= 0.3 is 5.69 Å². The molecule has 0 unspecified atom stereocenters. The van der Waals surface area contributed by atoms with Crippen LogP contribution in [0.15, 0.2) is 64.5 Å². The van der Waals surface area contributed by atoms with Crippen LogP contribution in [0.2, 0.25) is 0 Å². The van der Waals surface area contributed by atoms with Crippen LogP contribution in [0.5, 0.6) is 11.5 Å². The zero-order chi connectivity index (χ0) is 18.7. The quantitative estimate of drug-likeness (QED) is 0.379. The van der Waals surface area contributed by atoms with Gasteiger partial charge in [0.05, 0.1) is 23.0 Å². The van der Waals surface area contributed by atoms with E-state index < -0.39 is 4.92 Å². The molecule has 0 saturated carbocycles. The van der Waals surface area contributed by atoms with Crippen molar-refractivity contribution in [3.05, 3.63) is 75.7 Å². The predicted molar refractivity (Wildman–Crippen MR) is 96.8 cm³/mol. The van der Waals surface area contributed by atoms with Gasteiger partial charge in [0.25, 0.3) is 0 Å². The van der Waals surface area contributed by atoms with Gasteiger partial charge in [0.1, 0.15) is 24.2 Å². The average Bonchev–Trinajstić information content (AvgIpc) is 2.66. The lowest BCUT2D eigenvalue weighted by Crippen LogP contribution is -2.05. The summed E-state index contributed by atoms with van der Waals surface area (Å²) in [5.41, 5.74) is 0.449. The lowest BCUT2D eigenvalue weighted by molar-refractivity contribution is -0.385.